The van der Waals surface area contributed by atoms with Gasteiger partial charge in [-0.1, -0.05) is 30.3 Å². The van der Waals surface area contributed by atoms with Crippen LogP contribution >= 0.6 is 0 Å². The van der Waals surface area contributed by atoms with Crippen LogP contribution in [0.4, 0.5) is 13.2 Å². The molecule has 1 heterocycles. The van der Waals surface area contributed by atoms with E-state index in [0.29, 0.717) is 11.1 Å². The van der Waals surface area contributed by atoms with Gasteiger partial charge in [0.15, 0.2) is 15.5 Å². The predicted molar refractivity (Wildman–Crippen MR) is 116 cm³/mol. The molecule has 0 aliphatic rings. The number of alkyl halides is 3. The van der Waals surface area contributed by atoms with Crippen LogP contribution in [0.1, 0.15) is 32.9 Å². The largest absolute Gasteiger partial charge is 0.416 e. The molecule has 3 rings (SSSR count). The average molecular weight is 479 g/mol. The second-order valence-corrected chi connectivity index (χ2v) is 9.67. The van der Waals surface area contributed by atoms with E-state index < -0.39 is 38.6 Å². The molecule has 1 amide bonds. The summed E-state index contributed by atoms with van der Waals surface area (Å²) in [4.78, 5) is 24.9. The fourth-order valence-electron chi connectivity index (χ4n) is 3.10. The molecule has 0 unspecified atom stereocenters. The lowest BCUT2D eigenvalue weighted by atomic mass is 10.1. The van der Waals surface area contributed by atoms with E-state index in [1.165, 1.54) is 19.1 Å². The molecule has 3 aromatic rings. The number of nitrogens with zero attached hydrogens (tertiary/aromatic N) is 2. The van der Waals surface area contributed by atoms with Crippen LogP contribution in [0, 0.1) is 6.92 Å². The smallest absolute Gasteiger partial charge is 0.346 e. The Morgan fingerprint density at radius 3 is 2.30 bits per heavy atom. The first kappa shape index (κ1) is 24.2. The number of amides is 1. The summed E-state index contributed by atoms with van der Waals surface area (Å²) < 4.78 is 63.0. The quantitative estimate of drug-likeness (QED) is 0.586. The third-order valence-electron chi connectivity index (χ3n) is 4.65. The number of nitrogens with one attached hydrogen (secondary N) is 1. The van der Waals surface area contributed by atoms with Crippen LogP contribution < -0.4 is 10.7 Å². The minimum absolute atomic E-state index is 0.0382. The molecule has 0 aliphatic carbocycles. The van der Waals surface area contributed by atoms with Gasteiger partial charge in [0.1, 0.15) is 0 Å². The summed E-state index contributed by atoms with van der Waals surface area (Å²) in [6.07, 6.45) is -3.43. The van der Waals surface area contributed by atoms with E-state index in [-0.39, 0.29) is 23.7 Å². The Kier molecular flexibility index (Phi) is 6.73. The fraction of sp³-hybridized carbons (Fsp3) is 0.227. The lowest BCUT2D eigenvalue weighted by Gasteiger charge is -2.13. The molecule has 0 radical (unpaired) electrons. The van der Waals surface area contributed by atoms with Gasteiger partial charge in [0, 0.05) is 24.6 Å². The lowest BCUT2D eigenvalue weighted by Crippen LogP contribution is -2.31. The zero-order chi connectivity index (χ0) is 24.4. The van der Waals surface area contributed by atoms with Gasteiger partial charge < -0.3 is 5.32 Å². The van der Waals surface area contributed by atoms with Gasteiger partial charge in [-0.3, -0.25) is 9.59 Å². The van der Waals surface area contributed by atoms with Gasteiger partial charge in [0.2, 0.25) is 5.43 Å². The van der Waals surface area contributed by atoms with E-state index in [4.69, 9.17) is 0 Å². The highest BCUT2D eigenvalue weighted by molar-refractivity contribution is 7.89. The number of carbonyl (C=O) groups is 1. The number of halogens is 3. The van der Waals surface area contributed by atoms with Gasteiger partial charge in [-0.05, 0) is 36.2 Å². The van der Waals surface area contributed by atoms with Crippen LogP contribution in [-0.4, -0.2) is 30.4 Å². The zero-order valence-corrected chi connectivity index (χ0v) is 18.5. The topological polar surface area (TPSA) is 98.1 Å². The van der Waals surface area contributed by atoms with Crippen LogP contribution in [0.5, 0.6) is 0 Å². The highest BCUT2D eigenvalue weighted by Crippen LogP contribution is 2.30. The number of hydrogen-bond donors (Lipinski definition) is 1. The van der Waals surface area contributed by atoms with Crippen molar-refractivity contribution in [2.24, 2.45) is 0 Å². The van der Waals surface area contributed by atoms with Crippen LogP contribution in [0.2, 0.25) is 0 Å². The normalized spacial score (nSPS) is 11.9. The van der Waals surface area contributed by atoms with Crippen molar-refractivity contribution in [2.75, 3.05) is 6.26 Å². The molecule has 174 valence electrons. The van der Waals surface area contributed by atoms with E-state index in [1.807, 2.05) is 0 Å². The first-order valence-corrected chi connectivity index (χ1v) is 11.7. The molecule has 7 nitrogen and oxygen atoms in total. The maximum atomic E-state index is 13.0. The Labute approximate surface area is 187 Å². The third-order valence-corrected chi connectivity index (χ3v) is 5.50. The molecule has 0 saturated heterocycles. The van der Waals surface area contributed by atoms with Crippen molar-refractivity contribution in [1.29, 1.82) is 0 Å². The maximum absolute atomic E-state index is 13.0. The van der Waals surface area contributed by atoms with Gasteiger partial charge in [-0.2, -0.15) is 18.3 Å². The van der Waals surface area contributed by atoms with E-state index in [2.05, 4.69) is 10.4 Å². The number of carbonyl (C=O) groups excluding carboxylic acids is 1. The summed E-state index contributed by atoms with van der Waals surface area (Å²) in [7, 11) is -3.18. The van der Waals surface area contributed by atoms with Crippen molar-refractivity contribution < 1.29 is 26.4 Å². The van der Waals surface area contributed by atoms with Gasteiger partial charge in [-0.25, -0.2) is 13.1 Å². The number of hydrogen-bond acceptors (Lipinski definition) is 5. The Morgan fingerprint density at radius 2 is 1.70 bits per heavy atom. The highest BCUT2D eigenvalue weighted by atomic mass is 32.2. The van der Waals surface area contributed by atoms with Crippen LogP contribution in [0.25, 0.3) is 5.69 Å². The molecule has 0 aliphatic heterocycles. The molecule has 1 aromatic heterocycles. The summed E-state index contributed by atoms with van der Waals surface area (Å²) in [6.45, 7) is 1.53. The summed E-state index contributed by atoms with van der Waals surface area (Å²) in [5.74, 6) is -0.900. The summed E-state index contributed by atoms with van der Waals surface area (Å²) >= 11 is 0. The van der Waals surface area contributed by atoms with Crippen LogP contribution in [-0.2, 0) is 28.3 Å². The molecule has 1 N–H and O–H groups in total. The molecule has 11 heteroatoms. The van der Waals surface area contributed by atoms with Gasteiger partial charge in [0.25, 0.3) is 5.91 Å². The molecule has 2 aromatic carbocycles. The average Bonchev–Trinajstić information content (AvgIpc) is 2.71. The van der Waals surface area contributed by atoms with Crippen molar-refractivity contribution in [1.82, 2.24) is 15.1 Å². The second kappa shape index (κ2) is 9.18. The van der Waals surface area contributed by atoms with Gasteiger partial charge in [0.05, 0.1) is 17.0 Å². The van der Waals surface area contributed by atoms with Crippen molar-refractivity contribution >= 4 is 15.7 Å². The van der Waals surface area contributed by atoms with Crippen molar-refractivity contribution in [3.63, 3.8) is 0 Å². The van der Waals surface area contributed by atoms with Crippen LogP contribution in [0.3, 0.4) is 0 Å². The van der Waals surface area contributed by atoms with E-state index in [1.54, 1.807) is 24.3 Å². The Balaban J connectivity index is 1.81. The van der Waals surface area contributed by atoms with Crippen molar-refractivity contribution in [3.8, 4) is 5.69 Å². The molecular weight excluding hydrogens is 459 g/mol. The first-order chi connectivity index (χ1) is 15.3. The number of benzene rings is 2. The SMILES string of the molecule is Cc1cc(=O)c(C(=O)NCc2ccc(CS(C)(=O)=O)cc2)nn1-c1cccc(C(F)(F)F)c1. The summed E-state index contributed by atoms with van der Waals surface area (Å²) in [5.41, 5.74) is -0.452. The molecular formula is C22H20F3N3O4S. The summed E-state index contributed by atoms with van der Waals surface area (Å²) in [6, 6.07) is 12.0. The van der Waals surface area contributed by atoms with Gasteiger partial charge in [-0.15, -0.1) is 0 Å². The number of aromatic nitrogens is 2. The minimum Gasteiger partial charge on any atom is -0.346 e. The van der Waals surface area contributed by atoms with Crippen molar-refractivity contribution in [3.05, 3.63) is 92.9 Å². The number of sulfone groups is 1. The number of aryl methyl sites for hydroxylation is 1. The molecule has 0 spiro atoms. The monoisotopic (exact) mass is 479 g/mol. The van der Waals surface area contributed by atoms with Crippen LogP contribution in [0.15, 0.2) is 59.4 Å². The zero-order valence-electron chi connectivity index (χ0n) is 17.7. The minimum atomic E-state index is -4.56. The molecule has 0 fully saturated rings. The van der Waals surface area contributed by atoms with E-state index in [9.17, 15) is 31.2 Å². The third kappa shape index (κ3) is 6.28. The number of rotatable bonds is 6. The highest BCUT2D eigenvalue weighted by Gasteiger charge is 2.30. The second-order valence-electron chi connectivity index (χ2n) is 7.53. The standard InChI is InChI=1S/C22H20F3N3O4S/c1-14-10-19(29)20(27-28(14)18-5-3-4-17(11-18)22(23,24)25)21(30)26-12-15-6-8-16(9-7-15)13-33(2,31)32/h3-11H,12-13H2,1-2H3,(H,26,30). The van der Waals surface area contributed by atoms with Crippen molar-refractivity contribution in [2.45, 2.75) is 25.4 Å². The van der Waals surface area contributed by atoms with E-state index in [0.717, 1.165) is 29.1 Å². The molecule has 0 atom stereocenters. The first-order valence-electron chi connectivity index (χ1n) is 9.66. The van der Waals surface area contributed by atoms with E-state index >= 15 is 0 Å². The Morgan fingerprint density at radius 1 is 1.06 bits per heavy atom. The Bertz CT molecular complexity index is 1350. The summed E-state index contributed by atoms with van der Waals surface area (Å²) in [5, 5.41) is 6.53. The Hall–Kier alpha value is -3.47. The molecule has 0 bridgehead atoms. The molecule has 33 heavy (non-hydrogen) atoms. The molecule has 0 saturated carbocycles. The maximum Gasteiger partial charge on any atom is 0.416 e. The fourth-order valence-corrected chi connectivity index (χ4v) is 3.90. The predicted octanol–water partition coefficient (Wildman–Crippen LogP) is 3.03. The lowest BCUT2D eigenvalue weighted by molar-refractivity contribution is -0.137. The van der Waals surface area contributed by atoms with Gasteiger partial charge >= 0.3 is 6.18 Å².